The Labute approximate surface area is 183 Å². The molecule has 0 fully saturated rings. The molecule has 1 heterocycles. The number of halogens is 1. The Balaban J connectivity index is 0.00000280. The largest absolute Gasteiger partial charge is 0.487 e. The van der Waals surface area contributed by atoms with Crippen molar-refractivity contribution in [1.82, 2.24) is 4.98 Å². The van der Waals surface area contributed by atoms with Crippen molar-refractivity contribution in [3.63, 3.8) is 0 Å². The van der Waals surface area contributed by atoms with Crippen LogP contribution in [0.1, 0.15) is 23.7 Å². The number of guanidine groups is 1. The maximum absolute atomic E-state index is 5.97. The SMILES string of the molecule is CCc1ccc(NC(N)=NCc2ccc(OCc3ccccn3)cc2)cc1.I. The van der Waals surface area contributed by atoms with Gasteiger partial charge in [-0.1, -0.05) is 37.3 Å². The van der Waals surface area contributed by atoms with E-state index in [1.807, 2.05) is 54.6 Å². The molecular weight excluding hydrogens is 463 g/mol. The molecule has 0 amide bonds. The molecule has 0 saturated heterocycles. The van der Waals surface area contributed by atoms with E-state index < -0.39 is 0 Å². The van der Waals surface area contributed by atoms with E-state index in [0.29, 0.717) is 19.1 Å². The fourth-order valence-electron chi connectivity index (χ4n) is 2.52. The summed E-state index contributed by atoms with van der Waals surface area (Å²) in [7, 11) is 0. The molecule has 0 aliphatic heterocycles. The number of hydrogen-bond donors (Lipinski definition) is 2. The van der Waals surface area contributed by atoms with E-state index in [9.17, 15) is 0 Å². The zero-order valence-electron chi connectivity index (χ0n) is 15.8. The molecule has 146 valence electrons. The minimum atomic E-state index is 0. The normalized spacial score (nSPS) is 10.8. The third kappa shape index (κ3) is 6.84. The molecule has 0 radical (unpaired) electrons. The Morgan fingerprint density at radius 2 is 1.71 bits per heavy atom. The minimum Gasteiger partial charge on any atom is -0.487 e. The van der Waals surface area contributed by atoms with Crippen LogP contribution >= 0.6 is 24.0 Å². The van der Waals surface area contributed by atoms with Crippen molar-refractivity contribution in [3.05, 3.63) is 89.7 Å². The average Bonchev–Trinajstić information content (AvgIpc) is 2.73. The number of nitrogens with zero attached hydrogens (tertiary/aromatic N) is 2. The van der Waals surface area contributed by atoms with Gasteiger partial charge in [-0.25, -0.2) is 4.99 Å². The van der Waals surface area contributed by atoms with Crippen LogP contribution in [0.4, 0.5) is 5.69 Å². The van der Waals surface area contributed by atoms with Gasteiger partial charge in [-0.05, 0) is 53.9 Å². The summed E-state index contributed by atoms with van der Waals surface area (Å²) in [5, 5.41) is 3.11. The minimum absolute atomic E-state index is 0. The van der Waals surface area contributed by atoms with E-state index in [1.54, 1.807) is 6.20 Å². The van der Waals surface area contributed by atoms with Crippen molar-refractivity contribution in [3.8, 4) is 5.75 Å². The van der Waals surface area contributed by atoms with Gasteiger partial charge in [0.15, 0.2) is 5.96 Å². The van der Waals surface area contributed by atoms with Gasteiger partial charge in [-0.15, -0.1) is 24.0 Å². The van der Waals surface area contributed by atoms with Gasteiger partial charge in [0.1, 0.15) is 12.4 Å². The van der Waals surface area contributed by atoms with E-state index in [0.717, 1.165) is 29.1 Å². The van der Waals surface area contributed by atoms with Crippen molar-refractivity contribution >= 4 is 35.6 Å². The topological polar surface area (TPSA) is 72.5 Å². The number of aryl methyl sites for hydroxylation is 1. The number of aromatic nitrogens is 1. The Bertz CT molecular complexity index is 865. The van der Waals surface area contributed by atoms with Gasteiger partial charge in [-0.3, -0.25) is 4.98 Å². The summed E-state index contributed by atoms with van der Waals surface area (Å²) in [6.07, 6.45) is 2.78. The summed E-state index contributed by atoms with van der Waals surface area (Å²) >= 11 is 0. The van der Waals surface area contributed by atoms with Gasteiger partial charge in [0, 0.05) is 11.9 Å². The van der Waals surface area contributed by atoms with Crippen molar-refractivity contribution in [1.29, 1.82) is 0 Å². The molecule has 0 aliphatic rings. The lowest BCUT2D eigenvalue weighted by Crippen LogP contribution is -2.22. The number of benzene rings is 2. The summed E-state index contributed by atoms with van der Waals surface area (Å²) in [5.41, 5.74) is 10.2. The maximum atomic E-state index is 5.97. The number of anilines is 1. The molecule has 0 aliphatic carbocycles. The molecule has 1 aromatic heterocycles. The van der Waals surface area contributed by atoms with Crippen molar-refractivity contribution in [2.24, 2.45) is 10.7 Å². The lowest BCUT2D eigenvalue weighted by atomic mass is 10.1. The zero-order chi connectivity index (χ0) is 18.9. The highest BCUT2D eigenvalue weighted by Crippen LogP contribution is 2.14. The van der Waals surface area contributed by atoms with Crippen LogP contribution in [0.3, 0.4) is 0 Å². The van der Waals surface area contributed by atoms with Gasteiger partial charge >= 0.3 is 0 Å². The van der Waals surface area contributed by atoms with Gasteiger partial charge in [-0.2, -0.15) is 0 Å². The van der Waals surface area contributed by atoms with Crippen molar-refractivity contribution in [2.45, 2.75) is 26.5 Å². The lowest BCUT2D eigenvalue weighted by molar-refractivity contribution is 0.301. The van der Waals surface area contributed by atoms with Crippen LogP contribution < -0.4 is 15.8 Å². The van der Waals surface area contributed by atoms with E-state index in [4.69, 9.17) is 10.5 Å². The first-order valence-electron chi connectivity index (χ1n) is 9.00. The average molecular weight is 488 g/mol. The van der Waals surface area contributed by atoms with Crippen LogP contribution in [0, 0.1) is 0 Å². The molecule has 0 spiro atoms. The van der Waals surface area contributed by atoms with Crippen LogP contribution in [0.5, 0.6) is 5.75 Å². The number of nitrogens with one attached hydrogen (secondary N) is 1. The molecule has 0 saturated carbocycles. The first kappa shape index (κ1) is 21.7. The molecule has 5 nitrogen and oxygen atoms in total. The molecule has 2 aromatic carbocycles. The summed E-state index contributed by atoms with van der Waals surface area (Å²) in [4.78, 5) is 8.63. The number of nitrogens with two attached hydrogens (primary N) is 1. The van der Waals surface area contributed by atoms with Crippen LogP contribution in [0.2, 0.25) is 0 Å². The second kappa shape index (κ2) is 11.3. The van der Waals surface area contributed by atoms with E-state index in [1.165, 1.54) is 5.56 Å². The van der Waals surface area contributed by atoms with Gasteiger partial charge in [0.25, 0.3) is 0 Å². The smallest absolute Gasteiger partial charge is 0.193 e. The molecular formula is C22H25IN4O. The van der Waals surface area contributed by atoms with Gasteiger partial charge < -0.3 is 15.8 Å². The highest BCUT2D eigenvalue weighted by molar-refractivity contribution is 14.0. The third-order valence-corrected chi connectivity index (χ3v) is 4.10. The first-order chi connectivity index (χ1) is 13.2. The Morgan fingerprint density at radius 1 is 1.00 bits per heavy atom. The highest BCUT2D eigenvalue weighted by atomic mass is 127. The molecule has 0 bridgehead atoms. The summed E-state index contributed by atoms with van der Waals surface area (Å²) < 4.78 is 5.74. The number of aliphatic imine (C=N–C) groups is 1. The number of pyridine rings is 1. The standard InChI is InChI=1S/C22H24N4O.HI/c1-2-17-6-10-19(11-7-17)26-22(23)25-15-18-8-12-21(13-9-18)27-16-20-5-3-4-14-24-20;/h3-14H,2,15-16H2,1H3,(H3,23,25,26);1H. The maximum Gasteiger partial charge on any atom is 0.193 e. The number of rotatable bonds is 7. The second-order valence-electron chi connectivity index (χ2n) is 6.13. The fourth-order valence-corrected chi connectivity index (χ4v) is 2.52. The molecule has 0 atom stereocenters. The Morgan fingerprint density at radius 3 is 2.36 bits per heavy atom. The van der Waals surface area contributed by atoms with Gasteiger partial charge in [0.2, 0.25) is 0 Å². The van der Waals surface area contributed by atoms with Gasteiger partial charge in [0.05, 0.1) is 12.2 Å². The quantitative estimate of drug-likeness (QED) is 0.286. The van der Waals surface area contributed by atoms with Crippen molar-refractivity contribution < 1.29 is 4.74 Å². The lowest BCUT2D eigenvalue weighted by Gasteiger charge is -2.08. The zero-order valence-corrected chi connectivity index (χ0v) is 18.2. The van der Waals surface area contributed by atoms with E-state index >= 15 is 0 Å². The summed E-state index contributed by atoms with van der Waals surface area (Å²) in [6, 6.07) is 21.8. The predicted molar refractivity (Wildman–Crippen MR) is 125 cm³/mol. The monoisotopic (exact) mass is 488 g/mol. The third-order valence-electron chi connectivity index (χ3n) is 4.10. The van der Waals surface area contributed by atoms with Crippen LogP contribution in [-0.2, 0) is 19.6 Å². The first-order valence-corrected chi connectivity index (χ1v) is 9.00. The Kier molecular flexibility index (Phi) is 8.74. The molecule has 28 heavy (non-hydrogen) atoms. The van der Waals surface area contributed by atoms with Crippen LogP contribution in [0.25, 0.3) is 0 Å². The van der Waals surface area contributed by atoms with E-state index in [2.05, 4.69) is 34.3 Å². The van der Waals surface area contributed by atoms with E-state index in [-0.39, 0.29) is 24.0 Å². The summed E-state index contributed by atoms with van der Waals surface area (Å²) in [6.45, 7) is 3.09. The molecule has 3 N–H and O–H groups in total. The Hall–Kier alpha value is -2.61. The molecule has 0 unspecified atom stereocenters. The molecule has 3 aromatic rings. The summed E-state index contributed by atoms with van der Waals surface area (Å²) in [5.74, 6) is 1.20. The predicted octanol–water partition coefficient (Wildman–Crippen LogP) is 4.77. The number of hydrogen-bond acceptors (Lipinski definition) is 3. The van der Waals surface area contributed by atoms with Crippen LogP contribution in [0.15, 0.2) is 77.9 Å². The highest BCUT2D eigenvalue weighted by Gasteiger charge is 1.99. The second-order valence-corrected chi connectivity index (χ2v) is 6.13. The fraction of sp³-hybridized carbons (Fsp3) is 0.182. The van der Waals surface area contributed by atoms with Crippen molar-refractivity contribution in [2.75, 3.05) is 5.32 Å². The number of ether oxygens (including phenoxy) is 1. The van der Waals surface area contributed by atoms with Crippen LogP contribution in [-0.4, -0.2) is 10.9 Å². The molecule has 6 heteroatoms. The molecule has 3 rings (SSSR count).